The van der Waals surface area contributed by atoms with Gasteiger partial charge < -0.3 is 16.1 Å². The van der Waals surface area contributed by atoms with E-state index in [0.29, 0.717) is 6.42 Å². The Labute approximate surface area is 202 Å². The largest absolute Gasteiger partial charge is 0.399 e. The second-order valence-corrected chi connectivity index (χ2v) is 8.81. The Morgan fingerprint density at radius 2 is 1.83 bits per heavy atom. The molecule has 0 saturated heterocycles. The number of nitrogens with two attached hydrogens (primary N) is 2. The zero-order chi connectivity index (χ0) is 25.5. The third-order valence-corrected chi connectivity index (χ3v) is 6.18. The molecular weight excluding hydrogens is 456 g/mol. The highest BCUT2D eigenvalue weighted by molar-refractivity contribution is 5.94. The number of benzene rings is 2. The van der Waals surface area contributed by atoms with Gasteiger partial charge in [-0.3, -0.25) is 14.8 Å². The standard InChI is InChI=1S/C25H31F2N5O3/c1-15(30-25(34)19-8-9-21(26)22(27)12-19)23(28)14-32(29)20(13-24(33)31-35)11-16-6-7-17-4-2-3-5-18(17)10-16/h6-10,12,14-15,20,35H,2-5,11,13,28-29H2,1H3,(H,30,34)(H,31,33)/b23-14-/t15?,20-/m1/s1. The predicted molar refractivity (Wildman–Crippen MR) is 127 cm³/mol. The second kappa shape index (κ2) is 11.8. The number of rotatable bonds is 9. The average molecular weight is 488 g/mol. The molecule has 2 aromatic carbocycles. The third-order valence-electron chi connectivity index (χ3n) is 6.18. The van der Waals surface area contributed by atoms with Crippen LogP contribution < -0.4 is 22.4 Å². The first-order valence-corrected chi connectivity index (χ1v) is 11.5. The first-order chi connectivity index (χ1) is 16.7. The van der Waals surface area contributed by atoms with Gasteiger partial charge in [0.05, 0.1) is 18.5 Å². The van der Waals surface area contributed by atoms with Crippen molar-refractivity contribution < 1.29 is 23.6 Å². The molecule has 2 amide bonds. The Morgan fingerprint density at radius 1 is 1.11 bits per heavy atom. The highest BCUT2D eigenvalue weighted by Gasteiger charge is 2.21. The van der Waals surface area contributed by atoms with Gasteiger partial charge in [-0.2, -0.15) is 0 Å². The molecule has 8 nitrogen and oxygen atoms in total. The Kier molecular flexibility index (Phi) is 8.78. The maximum absolute atomic E-state index is 13.4. The molecular formula is C25H31F2N5O3. The number of halogens is 2. The van der Waals surface area contributed by atoms with E-state index >= 15 is 0 Å². The minimum Gasteiger partial charge on any atom is -0.399 e. The maximum atomic E-state index is 13.4. The summed E-state index contributed by atoms with van der Waals surface area (Å²) < 4.78 is 26.6. The zero-order valence-corrected chi connectivity index (χ0v) is 19.6. The predicted octanol–water partition coefficient (Wildman–Crippen LogP) is 2.44. The number of nitrogens with one attached hydrogen (secondary N) is 2. The van der Waals surface area contributed by atoms with Crippen LogP contribution in [0.4, 0.5) is 8.78 Å². The van der Waals surface area contributed by atoms with Crippen LogP contribution in [0.2, 0.25) is 0 Å². The molecule has 1 aliphatic rings. The molecule has 0 heterocycles. The summed E-state index contributed by atoms with van der Waals surface area (Å²) in [7, 11) is 0. The van der Waals surface area contributed by atoms with Crippen LogP contribution in [0.1, 0.15) is 53.2 Å². The van der Waals surface area contributed by atoms with E-state index < -0.39 is 35.5 Å². The minimum absolute atomic E-state index is 0.0574. The highest BCUT2D eigenvalue weighted by atomic mass is 19.2. The minimum atomic E-state index is -1.13. The second-order valence-electron chi connectivity index (χ2n) is 8.81. The first kappa shape index (κ1) is 26.1. The number of hydrogen-bond acceptors (Lipinski definition) is 6. The van der Waals surface area contributed by atoms with Gasteiger partial charge in [-0.05, 0) is 73.9 Å². The quantitative estimate of drug-likeness (QED) is 0.210. The number of carbonyl (C=O) groups is 2. The lowest BCUT2D eigenvalue weighted by molar-refractivity contribution is -0.130. The molecule has 3 rings (SSSR count). The molecule has 0 spiro atoms. The molecule has 35 heavy (non-hydrogen) atoms. The van der Waals surface area contributed by atoms with Crippen LogP contribution in [0.5, 0.6) is 0 Å². The number of nitrogens with zero attached hydrogens (tertiary/aromatic N) is 1. The van der Waals surface area contributed by atoms with Crippen LogP contribution in [0.25, 0.3) is 0 Å². The number of hydrogen-bond donors (Lipinski definition) is 5. The lowest BCUT2D eigenvalue weighted by Crippen LogP contribution is -2.44. The van der Waals surface area contributed by atoms with Crippen molar-refractivity contribution in [3.63, 3.8) is 0 Å². The molecule has 7 N–H and O–H groups in total. The van der Waals surface area contributed by atoms with Gasteiger partial charge in [-0.1, -0.05) is 18.2 Å². The number of carbonyl (C=O) groups excluding carboxylic acids is 2. The van der Waals surface area contributed by atoms with Crippen molar-refractivity contribution in [2.45, 2.75) is 57.5 Å². The van der Waals surface area contributed by atoms with Crippen molar-refractivity contribution in [3.8, 4) is 0 Å². The van der Waals surface area contributed by atoms with E-state index in [0.717, 1.165) is 43.0 Å². The van der Waals surface area contributed by atoms with Gasteiger partial charge in [-0.25, -0.2) is 20.1 Å². The van der Waals surface area contributed by atoms with E-state index in [9.17, 15) is 18.4 Å². The van der Waals surface area contributed by atoms with Gasteiger partial charge in [0.15, 0.2) is 11.6 Å². The summed E-state index contributed by atoms with van der Waals surface area (Å²) in [5.74, 6) is 2.81. The van der Waals surface area contributed by atoms with Crippen LogP contribution in [0, 0.1) is 11.6 Å². The molecule has 0 saturated carbocycles. The third kappa shape index (κ3) is 7.00. The lowest BCUT2D eigenvalue weighted by Gasteiger charge is -2.28. The number of hydrazine groups is 1. The van der Waals surface area contributed by atoms with Crippen molar-refractivity contribution >= 4 is 11.8 Å². The molecule has 0 radical (unpaired) electrons. The van der Waals surface area contributed by atoms with Crippen molar-refractivity contribution in [1.29, 1.82) is 0 Å². The number of amides is 2. The van der Waals surface area contributed by atoms with Crippen LogP contribution in [-0.4, -0.2) is 34.1 Å². The molecule has 188 valence electrons. The van der Waals surface area contributed by atoms with Crippen LogP contribution in [0.3, 0.4) is 0 Å². The van der Waals surface area contributed by atoms with Gasteiger partial charge in [0.2, 0.25) is 5.91 Å². The monoisotopic (exact) mass is 487 g/mol. The van der Waals surface area contributed by atoms with E-state index in [1.165, 1.54) is 28.8 Å². The summed E-state index contributed by atoms with van der Waals surface area (Å²) in [4.78, 5) is 24.3. The van der Waals surface area contributed by atoms with Crippen LogP contribution in [-0.2, 0) is 24.1 Å². The first-order valence-electron chi connectivity index (χ1n) is 11.5. The summed E-state index contributed by atoms with van der Waals surface area (Å²) in [6, 6.07) is 7.85. The van der Waals surface area contributed by atoms with Crippen LogP contribution >= 0.6 is 0 Å². The van der Waals surface area contributed by atoms with E-state index in [4.69, 9.17) is 16.8 Å². The van der Waals surface area contributed by atoms with Crippen molar-refractivity contribution in [2.75, 3.05) is 0 Å². The summed E-state index contributed by atoms with van der Waals surface area (Å²) in [6.07, 6.45) is 6.13. The Hall–Kier alpha value is -3.50. The average Bonchev–Trinajstić information content (AvgIpc) is 2.84. The molecule has 2 atom stereocenters. The lowest BCUT2D eigenvalue weighted by atomic mass is 9.89. The fraction of sp³-hybridized carbons (Fsp3) is 0.360. The highest BCUT2D eigenvalue weighted by Crippen LogP contribution is 2.23. The molecule has 0 aliphatic heterocycles. The summed E-state index contributed by atoms with van der Waals surface area (Å²) in [6.45, 7) is 1.61. The van der Waals surface area contributed by atoms with E-state index in [-0.39, 0.29) is 17.7 Å². The van der Waals surface area contributed by atoms with E-state index in [1.807, 2.05) is 6.07 Å². The zero-order valence-electron chi connectivity index (χ0n) is 19.6. The molecule has 2 aromatic rings. The van der Waals surface area contributed by atoms with Gasteiger partial charge in [0.25, 0.3) is 5.91 Å². The molecule has 1 unspecified atom stereocenters. The molecule has 0 fully saturated rings. The van der Waals surface area contributed by atoms with Gasteiger partial charge >= 0.3 is 0 Å². The van der Waals surface area contributed by atoms with Gasteiger partial charge in [0, 0.05) is 17.5 Å². The number of aryl methyl sites for hydroxylation is 2. The topological polar surface area (TPSA) is 134 Å². The summed E-state index contributed by atoms with van der Waals surface area (Å²) in [5.41, 5.74) is 11.5. The van der Waals surface area contributed by atoms with Crippen LogP contribution in [0.15, 0.2) is 48.3 Å². The van der Waals surface area contributed by atoms with Gasteiger partial charge in [0.1, 0.15) is 0 Å². The van der Waals surface area contributed by atoms with Crippen molar-refractivity contribution in [1.82, 2.24) is 15.8 Å². The Balaban J connectivity index is 1.71. The fourth-order valence-electron chi connectivity index (χ4n) is 4.12. The summed E-state index contributed by atoms with van der Waals surface area (Å²) >= 11 is 0. The van der Waals surface area contributed by atoms with Crippen molar-refractivity contribution in [2.24, 2.45) is 11.6 Å². The number of hydroxylamine groups is 1. The molecule has 10 heteroatoms. The Bertz CT molecular complexity index is 1110. The smallest absolute Gasteiger partial charge is 0.251 e. The molecule has 0 bridgehead atoms. The van der Waals surface area contributed by atoms with Gasteiger partial charge in [-0.15, -0.1) is 0 Å². The van der Waals surface area contributed by atoms with E-state index in [2.05, 4.69) is 17.4 Å². The molecule has 0 aromatic heterocycles. The summed E-state index contributed by atoms with van der Waals surface area (Å²) in [5, 5.41) is 12.9. The number of fused-ring (bicyclic) bond motifs is 1. The van der Waals surface area contributed by atoms with E-state index in [1.54, 1.807) is 12.4 Å². The Morgan fingerprint density at radius 3 is 2.51 bits per heavy atom. The van der Waals surface area contributed by atoms with Crippen molar-refractivity contribution in [3.05, 3.63) is 82.2 Å². The SMILES string of the molecule is CC(NC(=O)c1ccc(F)c(F)c1)/C(N)=C/N(N)[C@@H](CC(=O)NO)Cc1ccc2c(c1)CCCC2. The maximum Gasteiger partial charge on any atom is 0.251 e. The fourth-order valence-corrected chi connectivity index (χ4v) is 4.12. The normalized spacial score (nSPS) is 15.1. The molecule has 1 aliphatic carbocycles.